The van der Waals surface area contributed by atoms with Crippen molar-refractivity contribution in [3.8, 4) is 34.5 Å². The van der Waals surface area contributed by atoms with E-state index in [1.54, 1.807) is 36.7 Å². The summed E-state index contributed by atoms with van der Waals surface area (Å²) in [5, 5.41) is 12.1. The van der Waals surface area contributed by atoms with Gasteiger partial charge in [0.15, 0.2) is 11.6 Å². The van der Waals surface area contributed by atoms with Gasteiger partial charge in [0.05, 0.1) is 48.8 Å². The lowest BCUT2D eigenvalue weighted by Gasteiger charge is -2.31. The van der Waals surface area contributed by atoms with Crippen molar-refractivity contribution in [3.05, 3.63) is 83.5 Å². The van der Waals surface area contributed by atoms with E-state index in [2.05, 4.69) is 19.7 Å². The normalized spacial score (nSPS) is 15.6. The van der Waals surface area contributed by atoms with Crippen molar-refractivity contribution in [2.45, 2.75) is 85.5 Å². The van der Waals surface area contributed by atoms with Gasteiger partial charge in [-0.15, -0.1) is 0 Å². The molecule has 0 atom stereocenters. The molecule has 8 aromatic rings. The van der Waals surface area contributed by atoms with Gasteiger partial charge in [0, 0.05) is 123 Å². The Kier molecular flexibility index (Phi) is 14.4. The maximum absolute atomic E-state index is 13.9. The number of carbonyl (C=O) groups excluding carboxylic acids is 2. The van der Waals surface area contributed by atoms with Crippen molar-refractivity contribution >= 4 is 55.7 Å². The number of primary amides is 2. The lowest BCUT2D eigenvalue weighted by atomic mass is 10.1. The molecular weight excluding hydrogens is 951 g/mol. The fourth-order valence-corrected chi connectivity index (χ4v) is 10.2. The summed E-state index contributed by atoms with van der Waals surface area (Å²) >= 11 is 0. The van der Waals surface area contributed by atoms with Crippen LogP contribution in [0.3, 0.4) is 0 Å². The van der Waals surface area contributed by atoms with E-state index in [1.165, 1.54) is 0 Å². The second-order valence-electron chi connectivity index (χ2n) is 19.1. The Hall–Kier alpha value is -7.36. The zero-order valence-electron chi connectivity index (χ0n) is 42.3. The molecule has 0 bridgehead atoms. The molecular formula is C53H62F2N14O5. The van der Waals surface area contributed by atoms with Gasteiger partial charge in [-0.1, -0.05) is 12.2 Å². The quantitative estimate of drug-likeness (QED) is 0.0586. The van der Waals surface area contributed by atoms with Crippen molar-refractivity contribution in [2.24, 2.45) is 11.5 Å². The Morgan fingerprint density at radius 1 is 0.662 bits per heavy atom. The van der Waals surface area contributed by atoms with Crippen molar-refractivity contribution in [2.75, 3.05) is 65.7 Å². The molecule has 8 heterocycles. The number of nitrogens with zero attached hydrogens (tertiary/aromatic N) is 12. The fourth-order valence-electron chi connectivity index (χ4n) is 10.2. The van der Waals surface area contributed by atoms with Crippen LogP contribution in [0.1, 0.15) is 71.6 Å². The molecule has 19 nitrogen and oxygen atoms in total. The molecule has 6 aromatic heterocycles. The minimum absolute atomic E-state index is 0.165. The molecule has 0 saturated carbocycles. The number of aryl methyl sites for hydroxylation is 4. The van der Waals surface area contributed by atoms with Crippen LogP contribution in [0.5, 0.6) is 11.5 Å². The summed E-state index contributed by atoms with van der Waals surface area (Å²) in [7, 11) is 0. The molecule has 10 rings (SSSR count). The number of benzene rings is 2. The monoisotopic (exact) mass is 1010 g/mol. The molecule has 388 valence electrons. The molecule has 2 aromatic carbocycles. The number of aromatic nitrogens is 10. The van der Waals surface area contributed by atoms with E-state index in [0.29, 0.717) is 128 Å². The molecule has 74 heavy (non-hydrogen) atoms. The first-order valence-electron chi connectivity index (χ1n) is 25.4. The SMILES string of the molecule is CCn1nc(C)cc1-c1ncc2c3cc(C(N)=O)cc(OCCCN4CCOCC4)c3n(C/C=C/Cn3c4nc(-c5cc(C)nn5CC)ncc4c4cc(C(N)=O)cc(OCCCN5CCC(F)(F)CC5)c43)c2n1. The first-order chi connectivity index (χ1) is 35.8. The van der Waals surface area contributed by atoms with Crippen LogP contribution in [-0.2, 0) is 30.9 Å². The van der Waals surface area contributed by atoms with Crippen LogP contribution in [0.2, 0.25) is 0 Å². The molecule has 0 spiro atoms. The van der Waals surface area contributed by atoms with Gasteiger partial charge in [-0.25, -0.2) is 28.7 Å². The second-order valence-corrected chi connectivity index (χ2v) is 19.1. The molecule has 21 heteroatoms. The van der Waals surface area contributed by atoms with Crippen molar-refractivity contribution in [1.29, 1.82) is 0 Å². The average molecular weight is 1010 g/mol. The first-order valence-corrected chi connectivity index (χ1v) is 25.4. The van der Waals surface area contributed by atoms with E-state index in [0.717, 1.165) is 65.1 Å². The predicted octanol–water partition coefficient (Wildman–Crippen LogP) is 6.92. The van der Waals surface area contributed by atoms with Crippen molar-refractivity contribution in [1.82, 2.24) is 58.4 Å². The fraction of sp³-hybridized carbons (Fsp3) is 0.434. The van der Waals surface area contributed by atoms with Crippen molar-refractivity contribution in [3.63, 3.8) is 0 Å². The van der Waals surface area contributed by atoms with Gasteiger partial charge in [-0.3, -0.25) is 23.9 Å². The van der Waals surface area contributed by atoms with Gasteiger partial charge < -0.3 is 39.7 Å². The second kappa shape index (κ2) is 21.2. The standard InChI is InChI=1S/C53H62F2N14O5/c1-5-68-41(25-33(3)62-68)49-58-31-39-37-27-35(47(56)70)29-43(73-21-9-13-64-17-11-53(54,55)12-18-64)45(37)66(51(39)60-49)15-7-8-16-67-46-38(40-32-59-50(61-52(40)67)42-26-34(4)63-69(42)6-2)28-36(48(57)71)30-44(46)74-22-10-14-65-19-23-72-24-20-65/h7-8,25-32H,5-6,9-24H2,1-4H3,(H2,56,70)(H2,57,71)/b8-7+. The third kappa shape index (κ3) is 10.3. The number of likely N-dealkylation sites (tertiary alicyclic amines) is 1. The number of hydrogen-bond donors (Lipinski definition) is 2. The molecule has 2 amide bonds. The number of halogens is 2. The van der Waals surface area contributed by atoms with E-state index >= 15 is 0 Å². The molecule has 2 aliphatic rings. The number of hydrogen-bond acceptors (Lipinski definition) is 13. The first kappa shape index (κ1) is 50.2. The highest BCUT2D eigenvalue weighted by Crippen LogP contribution is 2.39. The van der Waals surface area contributed by atoms with Gasteiger partial charge in [0.25, 0.3) is 5.92 Å². The third-order valence-electron chi connectivity index (χ3n) is 13.9. The van der Waals surface area contributed by atoms with Crippen LogP contribution < -0.4 is 20.9 Å². The summed E-state index contributed by atoms with van der Waals surface area (Å²) in [6.45, 7) is 15.6. The summed E-state index contributed by atoms with van der Waals surface area (Å²) in [5.41, 5.74) is 18.3. The van der Waals surface area contributed by atoms with E-state index in [-0.39, 0.29) is 25.0 Å². The minimum Gasteiger partial charge on any atom is -0.491 e. The number of nitrogens with two attached hydrogens (primary N) is 2. The van der Waals surface area contributed by atoms with Crippen molar-refractivity contribution < 1.29 is 32.6 Å². The highest BCUT2D eigenvalue weighted by molar-refractivity contribution is 6.13. The van der Waals surface area contributed by atoms with Crippen LogP contribution in [-0.4, -0.2) is 142 Å². The van der Waals surface area contributed by atoms with Gasteiger partial charge in [0.1, 0.15) is 34.2 Å². The Labute approximate surface area is 426 Å². The molecule has 2 saturated heterocycles. The highest BCUT2D eigenvalue weighted by Gasteiger charge is 2.34. The maximum Gasteiger partial charge on any atom is 0.250 e. The van der Waals surface area contributed by atoms with Crippen LogP contribution in [0.4, 0.5) is 8.78 Å². The number of fused-ring (bicyclic) bond motifs is 6. The van der Waals surface area contributed by atoms with Gasteiger partial charge in [-0.05, 0) is 76.9 Å². The molecule has 2 aliphatic heterocycles. The number of amides is 2. The van der Waals surface area contributed by atoms with Crippen LogP contribution in [0, 0.1) is 13.8 Å². The number of rotatable bonds is 20. The Balaban J connectivity index is 1.05. The van der Waals surface area contributed by atoms with Gasteiger partial charge >= 0.3 is 0 Å². The third-order valence-corrected chi connectivity index (χ3v) is 13.9. The summed E-state index contributed by atoms with van der Waals surface area (Å²) < 4.78 is 54.4. The van der Waals surface area contributed by atoms with Gasteiger partial charge in [0.2, 0.25) is 11.8 Å². The molecule has 0 radical (unpaired) electrons. The molecule has 4 N–H and O–H groups in total. The van der Waals surface area contributed by atoms with Crippen LogP contribution in [0.15, 0.2) is 60.9 Å². The average Bonchev–Trinajstić information content (AvgIpc) is 4.15. The summed E-state index contributed by atoms with van der Waals surface area (Å²) in [6, 6.07) is 10.8. The number of carbonyl (C=O) groups is 2. The van der Waals surface area contributed by atoms with E-state index in [1.807, 2.05) is 70.8 Å². The Morgan fingerprint density at radius 2 is 1.11 bits per heavy atom. The smallest absolute Gasteiger partial charge is 0.250 e. The number of piperidine rings is 1. The number of morpholine rings is 1. The number of ether oxygens (including phenoxy) is 3. The molecule has 0 unspecified atom stereocenters. The summed E-state index contributed by atoms with van der Waals surface area (Å²) in [5.74, 6) is -1.94. The Morgan fingerprint density at radius 3 is 1.54 bits per heavy atom. The lowest BCUT2D eigenvalue weighted by Crippen LogP contribution is -2.40. The van der Waals surface area contributed by atoms with E-state index in [4.69, 9.17) is 45.6 Å². The van der Waals surface area contributed by atoms with E-state index in [9.17, 15) is 18.4 Å². The van der Waals surface area contributed by atoms with Gasteiger partial charge in [-0.2, -0.15) is 10.2 Å². The predicted molar refractivity (Wildman–Crippen MR) is 278 cm³/mol. The van der Waals surface area contributed by atoms with Crippen LogP contribution >= 0.6 is 0 Å². The van der Waals surface area contributed by atoms with E-state index < -0.39 is 17.7 Å². The largest absolute Gasteiger partial charge is 0.491 e. The van der Waals surface area contributed by atoms with Crippen LogP contribution in [0.25, 0.3) is 66.9 Å². The number of allylic oxidation sites excluding steroid dienone is 2. The number of alkyl halides is 2. The minimum atomic E-state index is -2.63. The summed E-state index contributed by atoms with van der Waals surface area (Å²) in [6.07, 6.45) is 8.62. The highest BCUT2D eigenvalue weighted by atomic mass is 19.3. The molecule has 2 fully saturated rings. The zero-order chi connectivity index (χ0) is 51.7. The maximum atomic E-state index is 13.9. The Bertz CT molecular complexity index is 3410. The topological polar surface area (TPSA) is 217 Å². The summed E-state index contributed by atoms with van der Waals surface area (Å²) in [4.78, 5) is 50.2. The molecule has 0 aliphatic carbocycles. The zero-order valence-corrected chi connectivity index (χ0v) is 42.3. The lowest BCUT2D eigenvalue weighted by molar-refractivity contribution is -0.0554.